The Hall–Kier alpha value is -1.95. The van der Waals surface area contributed by atoms with E-state index in [0.29, 0.717) is 11.6 Å². The predicted octanol–water partition coefficient (Wildman–Crippen LogP) is 1.42. The van der Waals surface area contributed by atoms with E-state index >= 15 is 0 Å². The van der Waals surface area contributed by atoms with Crippen LogP contribution in [0.25, 0.3) is 11.4 Å². The quantitative estimate of drug-likeness (QED) is 0.732. The van der Waals surface area contributed by atoms with Gasteiger partial charge in [0, 0.05) is 5.56 Å². The number of rotatable bonds is 5. The molecule has 0 bridgehead atoms. The van der Waals surface area contributed by atoms with Gasteiger partial charge in [0.1, 0.15) is 13.3 Å². The highest BCUT2D eigenvalue weighted by Crippen LogP contribution is 2.10. The topological polar surface area (TPSA) is 60.8 Å². The molecule has 6 heteroatoms. The number of halogens is 1. The fourth-order valence-corrected chi connectivity index (χ4v) is 1.23. The molecule has 5 nitrogen and oxygen atoms in total. The van der Waals surface area contributed by atoms with E-state index in [9.17, 15) is 4.39 Å². The molecule has 0 spiro atoms. The third-order valence-corrected chi connectivity index (χ3v) is 2.00. The fraction of sp³-hybridized carbons (Fsp3) is 0.273. The van der Waals surface area contributed by atoms with Crippen LogP contribution in [-0.4, -0.2) is 33.7 Å². The van der Waals surface area contributed by atoms with Crippen LogP contribution in [0, 0.1) is 0 Å². The van der Waals surface area contributed by atoms with Gasteiger partial charge < -0.3 is 4.74 Å². The molecule has 0 atom stereocenters. The van der Waals surface area contributed by atoms with Gasteiger partial charge in [-0.1, -0.05) is 30.3 Å². The van der Waals surface area contributed by atoms with Crippen molar-refractivity contribution in [3.63, 3.8) is 0 Å². The minimum Gasteiger partial charge on any atom is -0.371 e. The highest BCUT2D eigenvalue weighted by Gasteiger charge is 2.03. The van der Waals surface area contributed by atoms with Gasteiger partial charge in [-0.25, -0.2) is 4.39 Å². The van der Waals surface area contributed by atoms with Crippen LogP contribution in [0.4, 0.5) is 4.39 Å². The van der Waals surface area contributed by atoms with Crippen molar-refractivity contribution in [1.29, 1.82) is 0 Å². The molecule has 0 unspecified atom stereocenters. The third-order valence-electron chi connectivity index (χ3n) is 2.00. The molecule has 0 fully saturated rings. The Bertz CT molecular complexity index is 449. The zero-order valence-electron chi connectivity index (χ0n) is 9.08. The van der Waals surface area contributed by atoms with Gasteiger partial charge in [-0.3, -0.25) is 0 Å². The molecule has 17 heavy (non-hydrogen) atoms. The number of ether oxygens (including phenoxy) is 1. The maximum atomic E-state index is 11.8. The molecule has 88 valence electrons. The average molecular weight is 234 g/mol. The van der Waals surface area contributed by atoms with Gasteiger partial charge in [0.25, 0.3) is 0 Å². The van der Waals surface area contributed by atoms with Crippen LogP contribution in [0.1, 0.15) is 5.82 Å². The van der Waals surface area contributed by atoms with E-state index in [0.717, 1.165) is 5.56 Å². The van der Waals surface area contributed by atoms with Crippen molar-refractivity contribution in [3.8, 4) is 11.4 Å². The second kappa shape index (κ2) is 5.95. The molecular formula is C11H11FN4O. The summed E-state index contributed by atoms with van der Waals surface area (Å²) in [4.78, 5) is 0. The van der Waals surface area contributed by atoms with Crippen LogP contribution in [0.5, 0.6) is 0 Å². The Labute approximate surface area is 97.7 Å². The van der Waals surface area contributed by atoms with Crippen molar-refractivity contribution in [2.45, 2.75) is 6.61 Å². The number of hydrogen-bond donors (Lipinski definition) is 0. The molecule has 0 aliphatic heterocycles. The van der Waals surface area contributed by atoms with Gasteiger partial charge in [-0.15, -0.1) is 20.4 Å². The lowest BCUT2D eigenvalue weighted by atomic mass is 10.2. The summed E-state index contributed by atoms with van der Waals surface area (Å²) < 4.78 is 16.7. The first kappa shape index (κ1) is 11.5. The van der Waals surface area contributed by atoms with Crippen LogP contribution >= 0.6 is 0 Å². The molecule has 0 aliphatic rings. The second-order valence-electron chi connectivity index (χ2n) is 3.25. The van der Waals surface area contributed by atoms with E-state index in [1.54, 1.807) is 0 Å². The lowest BCUT2D eigenvalue weighted by molar-refractivity contribution is 0.100. The van der Waals surface area contributed by atoms with Crippen LogP contribution in [-0.2, 0) is 11.3 Å². The maximum Gasteiger partial charge on any atom is 0.203 e. The van der Waals surface area contributed by atoms with Crippen molar-refractivity contribution >= 4 is 0 Å². The number of nitrogens with zero attached hydrogens (tertiary/aromatic N) is 4. The predicted molar refractivity (Wildman–Crippen MR) is 58.7 cm³/mol. The Balaban J connectivity index is 2.03. The Morgan fingerprint density at radius 3 is 2.35 bits per heavy atom. The van der Waals surface area contributed by atoms with E-state index in [4.69, 9.17) is 4.74 Å². The fourth-order valence-electron chi connectivity index (χ4n) is 1.23. The largest absolute Gasteiger partial charge is 0.371 e. The summed E-state index contributed by atoms with van der Waals surface area (Å²) in [5, 5.41) is 15.6. The lowest BCUT2D eigenvalue weighted by Gasteiger charge is -2.00. The van der Waals surface area contributed by atoms with Gasteiger partial charge >= 0.3 is 0 Å². The van der Waals surface area contributed by atoms with Crippen LogP contribution in [0.3, 0.4) is 0 Å². The van der Waals surface area contributed by atoms with Crippen molar-refractivity contribution in [3.05, 3.63) is 36.2 Å². The summed E-state index contributed by atoms with van der Waals surface area (Å²) in [7, 11) is 0. The molecule has 0 amide bonds. The molecular weight excluding hydrogens is 223 g/mol. The summed E-state index contributed by atoms with van der Waals surface area (Å²) in [5.74, 6) is 0.804. The molecule has 1 aromatic carbocycles. The first-order chi connectivity index (χ1) is 8.40. The van der Waals surface area contributed by atoms with Crippen molar-refractivity contribution in [2.75, 3.05) is 13.3 Å². The summed E-state index contributed by atoms with van der Waals surface area (Å²) in [6.45, 7) is -0.369. The number of hydrogen-bond acceptors (Lipinski definition) is 5. The molecule has 0 saturated heterocycles. The first-order valence-electron chi connectivity index (χ1n) is 5.15. The van der Waals surface area contributed by atoms with E-state index in [1.807, 2.05) is 30.3 Å². The Morgan fingerprint density at radius 1 is 1.00 bits per heavy atom. The zero-order valence-corrected chi connectivity index (χ0v) is 9.08. The molecule has 0 aliphatic carbocycles. The monoisotopic (exact) mass is 234 g/mol. The van der Waals surface area contributed by atoms with Gasteiger partial charge in [0.05, 0.1) is 6.61 Å². The summed E-state index contributed by atoms with van der Waals surface area (Å²) in [6, 6.07) is 9.42. The normalized spacial score (nSPS) is 10.4. The van der Waals surface area contributed by atoms with E-state index in [2.05, 4.69) is 20.4 Å². The van der Waals surface area contributed by atoms with Gasteiger partial charge in [0.15, 0.2) is 5.82 Å². The minimum absolute atomic E-state index is 0.0315. The summed E-state index contributed by atoms with van der Waals surface area (Å²) in [6.07, 6.45) is 0. The van der Waals surface area contributed by atoms with Gasteiger partial charge in [-0.05, 0) is 0 Å². The van der Waals surface area contributed by atoms with E-state index in [-0.39, 0.29) is 13.2 Å². The minimum atomic E-state index is -0.525. The summed E-state index contributed by atoms with van der Waals surface area (Å²) in [5.41, 5.74) is 0.851. The van der Waals surface area contributed by atoms with Gasteiger partial charge in [0.2, 0.25) is 5.82 Å². The Kier molecular flexibility index (Phi) is 4.04. The van der Waals surface area contributed by atoms with Crippen molar-refractivity contribution in [1.82, 2.24) is 20.4 Å². The zero-order chi connectivity index (χ0) is 11.9. The number of benzene rings is 1. The molecule has 2 aromatic rings. The molecule has 0 N–H and O–H groups in total. The number of aromatic nitrogens is 4. The lowest BCUT2D eigenvalue weighted by Crippen LogP contribution is -2.05. The smallest absolute Gasteiger partial charge is 0.203 e. The molecule has 1 aromatic heterocycles. The standard InChI is InChI=1S/C11H11FN4O/c12-6-7-17-8-10-13-15-11(16-14-10)9-4-2-1-3-5-9/h1-5H,6-8H2. The highest BCUT2D eigenvalue weighted by atomic mass is 19.1. The average Bonchev–Trinajstić information content (AvgIpc) is 2.41. The highest BCUT2D eigenvalue weighted by molar-refractivity contribution is 5.52. The summed E-state index contributed by atoms with van der Waals surface area (Å²) >= 11 is 0. The molecule has 1 heterocycles. The third kappa shape index (κ3) is 3.25. The van der Waals surface area contributed by atoms with Crippen LogP contribution < -0.4 is 0 Å². The Morgan fingerprint density at radius 2 is 1.71 bits per heavy atom. The van der Waals surface area contributed by atoms with Crippen LogP contribution in [0.15, 0.2) is 30.3 Å². The SMILES string of the molecule is FCCOCc1nnc(-c2ccccc2)nn1. The first-order valence-corrected chi connectivity index (χ1v) is 5.15. The molecule has 2 rings (SSSR count). The maximum absolute atomic E-state index is 11.8. The van der Waals surface area contributed by atoms with Crippen LogP contribution in [0.2, 0.25) is 0 Å². The number of alkyl halides is 1. The van der Waals surface area contributed by atoms with E-state index < -0.39 is 6.67 Å². The van der Waals surface area contributed by atoms with Crippen molar-refractivity contribution in [2.24, 2.45) is 0 Å². The van der Waals surface area contributed by atoms with Gasteiger partial charge in [-0.2, -0.15) is 0 Å². The second-order valence-corrected chi connectivity index (χ2v) is 3.25. The van der Waals surface area contributed by atoms with E-state index in [1.165, 1.54) is 0 Å². The molecule has 0 saturated carbocycles. The van der Waals surface area contributed by atoms with Crippen molar-refractivity contribution < 1.29 is 9.13 Å². The molecule has 0 radical (unpaired) electrons.